The third-order valence-electron chi connectivity index (χ3n) is 5.51. The summed E-state index contributed by atoms with van der Waals surface area (Å²) in [5, 5.41) is 2.59. The van der Waals surface area contributed by atoms with E-state index in [-0.39, 0.29) is 18.4 Å². The van der Waals surface area contributed by atoms with E-state index in [4.69, 9.17) is 19.2 Å². The average Bonchev–Trinajstić information content (AvgIpc) is 3.14. The largest absolute Gasteiger partial charge is 0.497 e. The summed E-state index contributed by atoms with van der Waals surface area (Å²) in [6, 6.07) is 6.40. The highest BCUT2D eigenvalue weighted by Gasteiger charge is 2.50. The molecule has 8 nitrogen and oxygen atoms in total. The van der Waals surface area contributed by atoms with E-state index in [0.717, 1.165) is 17.7 Å². The SMILES string of the molecule is COC(=O)C(C[C@@]1(C(=O)OC)CCC/C1=N\C(C)c1ccc(OC)cc1)NC(C)=O. The Morgan fingerprint density at radius 3 is 2.33 bits per heavy atom. The Balaban J connectivity index is 2.40. The zero-order valence-corrected chi connectivity index (χ0v) is 18.2. The molecule has 164 valence electrons. The number of ether oxygens (including phenoxy) is 3. The van der Waals surface area contributed by atoms with Gasteiger partial charge in [0.1, 0.15) is 17.2 Å². The second-order valence-electron chi connectivity index (χ2n) is 7.43. The maximum atomic E-state index is 12.9. The van der Waals surface area contributed by atoms with Gasteiger partial charge in [0.25, 0.3) is 0 Å². The molecule has 0 radical (unpaired) electrons. The van der Waals surface area contributed by atoms with Crippen LogP contribution in [0.15, 0.2) is 29.3 Å². The van der Waals surface area contributed by atoms with Crippen LogP contribution in [0.1, 0.15) is 51.1 Å². The summed E-state index contributed by atoms with van der Waals surface area (Å²) in [7, 11) is 4.17. The van der Waals surface area contributed by atoms with Gasteiger partial charge < -0.3 is 19.5 Å². The fourth-order valence-electron chi connectivity index (χ4n) is 3.97. The summed E-state index contributed by atoms with van der Waals surface area (Å²) >= 11 is 0. The molecule has 2 unspecified atom stereocenters. The minimum atomic E-state index is -1.09. The molecular formula is C22H30N2O6. The maximum absolute atomic E-state index is 12.9. The number of nitrogens with zero attached hydrogens (tertiary/aromatic N) is 1. The van der Waals surface area contributed by atoms with Crippen molar-refractivity contribution >= 4 is 23.6 Å². The number of benzene rings is 1. The number of nitrogens with one attached hydrogen (secondary N) is 1. The van der Waals surface area contributed by atoms with E-state index in [2.05, 4.69) is 5.32 Å². The third kappa shape index (κ3) is 5.17. The van der Waals surface area contributed by atoms with E-state index in [1.54, 1.807) is 7.11 Å². The van der Waals surface area contributed by atoms with Crippen molar-refractivity contribution in [2.75, 3.05) is 21.3 Å². The molecule has 1 saturated carbocycles. The Morgan fingerprint density at radius 1 is 1.13 bits per heavy atom. The number of carbonyl (C=O) groups excluding carboxylic acids is 3. The fraction of sp³-hybridized carbons (Fsp3) is 0.545. The van der Waals surface area contributed by atoms with E-state index in [1.165, 1.54) is 21.1 Å². The molecule has 1 fully saturated rings. The van der Waals surface area contributed by atoms with Crippen molar-refractivity contribution in [3.8, 4) is 5.75 Å². The van der Waals surface area contributed by atoms with Crippen LogP contribution in [-0.2, 0) is 23.9 Å². The van der Waals surface area contributed by atoms with Gasteiger partial charge >= 0.3 is 11.9 Å². The molecule has 1 amide bonds. The van der Waals surface area contributed by atoms with E-state index < -0.39 is 23.4 Å². The van der Waals surface area contributed by atoms with Gasteiger partial charge in [0.05, 0.1) is 27.4 Å². The number of hydrogen-bond donors (Lipinski definition) is 1. The second-order valence-corrected chi connectivity index (χ2v) is 7.43. The summed E-state index contributed by atoms with van der Waals surface area (Å²) in [6.45, 7) is 3.26. The van der Waals surface area contributed by atoms with Gasteiger partial charge in [-0.15, -0.1) is 0 Å². The Bertz CT molecular complexity index is 804. The quantitative estimate of drug-likeness (QED) is 0.651. The van der Waals surface area contributed by atoms with Gasteiger partial charge in [-0.25, -0.2) is 4.79 Å². The Hall–Kier alpha value is -2.90. The number of carbonyl (C=O) groups is 3. The summed E-state index contributed by atoms with van der Waals surface area (Å²) in [5.74, 6) is -0.698. The van der Waals surface area contributed by atoms with Crippen LogP contribution in [0.4, 0.5) is 0 Å². The van der Waals surface area contributed by atoms with Gasteiger partial charge in [-0.3, -0.25) is 14.6 Å². The predicted molar refractivity (Wildman–Crippen MR) is 111 cm³/mol. The van der Waals surface area contributed by atoms with Crippen molar-refractivity contribution < 1.29 is 28.6 Å². The highest BCUT2D eigenvalue weighted by molar-refractivity contribution is 6.08. The van der Waals surface area contributed by atoms with Crippen LogP contribution < -0.4 is 10.1 Å². The van der Waals surface area contributed by atoms with Crippen LogP contribution in [0.2, 0.25) is 0 Å². The molecule has 1 aromatic carbocycles. The summed E-state index contributed by atoms with van der Waals surface area (Å²) < 4.78 is 15.1. The smallest absolute Gasteiger partial charge is 0.328 e. The first-order valence-corrected chi connectivity index (χ1v) is 9.91. The molecule has 0 spiro atoms. The van der Waals surface area contributed by atoms with E-state index in [1.807, 2.05) is 31.2 Å². The molecule has 0 heterocycles. The van der Waals surface area contributed by atoms with Crippen molar-refractivity contribution in [1.29, 1.82) is 0 Å². The van der Waals surface area contributed by atoms with Gasteiger partial charge in [0.15, 0.2) is 0 Å². The molecule has 3 atom stereocenters. The van der Waals surface area contributed by atoms with Crippen LogP contribution >= 0.6 is 0 Å². The van der Waals surface area contributed by atoms with Crippen LogP contribution in [-0.4, -0.2) is 50.9 Å². The molecule has 0 saturated heterocycles. The summed E-state index contributed by atoms with van der Waals surface area (Å²) in [5.41, 5.74) is 0.564. The minimum Gasteiger partial charge on any atom is -0.497 e. The lowest BCUT2D eigenvalue weighted by molar-refractivity contribution is -0.152. The highest BCUT2D eigenvalue weighted by Crippen LogP contribution is 2.42. The zero-order valence-electron chi connectivity index (χ0n) is 18.2. The third-order valence-corrected chi connectivity index (χ3v) is 5.51. The second kappa shape index (κ2) is 10.2. The lowest BCUT2D eigenvalue weighted by Gasteiger charge is -2.31. The molecule has 1 aliphatic carbocycles. The molecule has 8 heteroatoms. The summed E-state index contributed by atoms with van der Waals surface area (Å²) in [4.78, 5) is 41.6. The topological polar surface area (TPSA) is 103 Å². The van der Waals surface area contributed by atoms with Crippen LogP contribution in [0, 0.1) is 5.41 Å². The molecule has 1 aromatic rings. The Labute approximate surface area is 177 Å². The molecule has 1 aliphatic rings. The predicted octanol–water partition coefficient (Wildman–Crippen LogP) is 2.61. The fourth-order valence-corrected chi connectivity index (χ4v) is 3.97. The lowest BCUT2D eigenvalue weighted by atomic mass is 9.78. The number of aliphatic imine (C=N–C) groups is 1. The van der Waals surface area contributed by atoms with E-state index >= 15 is 0 Å². The number of methoxy groups -OCH3 is 3. The lowest BCUT2D eigenvalue weighted by Crippen LogP contribution is -2.48. The number of amides is 1. The van der Waals surface area contributed by atoms with Gasteiger partial charge in [0.2, 0.25) is 5.91 Å². The standard InChI is InChI=1S/C22H30N2O6/c1-14(16-8-10-17(28-3)11-9-16)23-19-7-6-12-22(19,21(27)30-5)13-18(20(26)29-4)24-15(2)25/h8-11,14,18H,6-7,12-13H2,1-5H3,(H,24,25)/b23-19+/t14?,18?,22-/m0/s1. The van der Waals surface area contributed by atoms with Crippen molar-refractivity contribution in [3.05, 3.63) is 29.8 Å². The monoisotopic (exact) mass is 418 g/mol. The van der Waals surface area contributed by atoms with Gasteiger partial charge in [-0.05, 0) is 50.3 Å². The van der Waals surface area contributed by atoms with E-state index in [9.17, 15) is 14.4 Å². The molecule has 1 N–H and O–H groups in total. The molecular weight excluding hydrogens is 388 g/mol. The Morgan fingerprint density at radius 2 is 1.80 bits per heavy atom. The molecule has 30 heavy (non-hydrogen) atoms. The molecule has 0 aromatic heterocycles. The molecule has 0 aliphatic heterocycles. The minimum absolute atomic E-state index is 0.0418. The maximum Gasteiger partial charge on any atom is 0.328 e. The van der Waals surface area contributed by atoms with Gasteiger partial charge in [0, 0.05) is 12.6 Å². The summed E-state index contributed by atoms with van der Waals surface area (Å²) in [6.07, 6.45) is 1.88. The number of esters is 2. The van der Waals surface area contributed by atoms with Crippen LogP contribution in [0.3, 0.4) is 0 Å². The first-order valence-electron chi connectivity index (χ1n) is 9.91. The van der Waals surface area contributed by atoms with Crippen molar-refractivity contribution in [2.24, 2.45) is 10.4 Å². The van der Waals surface area contributed by atoms with Crippen LogP contribution in [0.25, 0.3) is 0 Å². The average molecular weight is 418 g/mol. The van der Waals surface area contributed by atoms with Crippen LogP contribution in [0.5, 0.6) is 5.75 Å². The van der Waals surface area contributed by atoms with Crippen molar-refractivity contribution in [3.63, 3.8) is 0 Å². The normalized spacial score (nSPS) is 21.6. The van der Waals surface area contributed by atoms with Crippen molar-refractivity contribution in [2.45, 2.75) is 51.6 Å². The highest BCUT2D eigenvalue weighted by atomic mass is 16.5. The van der Waals surface area contributed by atoms with Gasteiger partial charge in [-0.2, -0.15) is 0 Å². The Kier molecular flexibility index (Phi) is 7.97. The number of hydrogen-bond acceptors (Lipinski definition) is 7. The number of rotatable bonds is 8. The van der Waals surface area contributed by atoms with Crippen molar-refractivity contribution in [1.82, 2.24) is 5.32 Å². The first kappa shape index (κ1) is 23.4. The molecule has 2 rings (SSSR count). The zero-order chi connectivity index (χ0) is 22.3. The van der Waals surface area contributed by atoms with E-state index in [0.29, 0.717) is 18.6 Å². The first-order chi connectivity index (χ1) is 14.3. The van der Waals surface area contributed by atoms with Gasteiger partial charge in [-0.1, -0.05) is 12.1 Å². The molecule has 0 bridgehead atoms.